The summed E-state index contributed by atoms with van der Waals surface area (Å²) >= 11 is 0. The van der Waals surface area contributed by atoms with Crippen LogP contribution >= 0.6 is 0 Å². The first-order chi connectivity index (χ1) is 15.0. The van der Waals surface area contributed by atoms with Gasteiger partial charge in [0.05, 0.1) is 6.61 Å². The first kappa shape index (κ1) is 29.9. The highest BCUT2D eigenvalue weighted by atomic mass is 16.5. The van der Waals surface area contributed by atoms with Gasteiger partial charge in [0, 0.05) is 12.8 Å². The summed E-state index contributed by atoms with van der Waals surface area (Å²) in [7, 11) is 0. The Morgan fingerprint density at radius 2 is 1.19 bits per heavy atom. The fourth-order valence-corrected chi connectivity index (χ4v) is 3.92. The van der Waals surface area contributed by atoms with E-state index in [4.69, 9.17) is 9.47 Å². The largest absolute Gasteiger partial charge is 0.465 e. The molecule has 0 rings (SSSR count). The topological polar surface area (TPSA) is 52.6 Å². The van der Waals surface area contributed by atoms with Crippen molar-refractivity contribution in [2.75, 3.05) is 6.61 Å². The quantitative estimate of drug-likeness (QED) is 0.126. The molecule has 2 atom stereocenters. The van der Waals surface area contributed by atoms with Crippen LogP contribution < -0.4 is 0 Å². The SMILES string of the molecule is CCCCCC[C@H](CCCCCCCCCCC(=O)OC[C@@H](C)CCC)OC(=O)CC. The van der Waals surface area contributed by atoms with Gasteiger partial charge in [0.25, 0.3) is 0 Å². The number of hydrogen-bond donors (Lipinski definition) is 0. The predicted octanol–water partition coefficient (Wildman–Crippen LogP) is 8.16. The summed E-state index contributed by atoms with van der Waals surface area (Å²) in [4.78, 5) is 23.4. The molecule has 0 aromatic carbocycles. The Kier molecular flexibility index (Phi) is 21.4. The van der Waals surface area contributed by atoms with Crippen LogP contribution in [0.3, 0.4) is 0 Å². The summed E-state index contributed by atoms with van der Waals surface area (Å²) < 4.78 is 11.0. The number of unbranched alkanes of at least 4 members (excludes halogenated alkanes) is 10. The van der Waals surface area contributed by atoms with Crippen LogP contribution in [0.25, 0.3) is 0 Å². The highest BCUT2D eigenvalue weighted by molar-refractivity contribution is 5.69. The Morgan fingerprint density at radius 3 is 1.74 bits per heavy atom. The minimum Gasteiger partial charge on any atom is -0.465 e. The third-order valence-corrected chi connectivity index (χ3v) is 5.93. The number of hydrogen-bond acceptors (Lipinski definition) is 4. The summed E-state index contributed by atoms with van der Waals surface area (Å²) in [5.41, 5.74) is 0. The van der Waals surface area contributed by atoms with Gasteiger partial charge >= 0.3 is 11.9 Å². The van der Waals surface area contributed by atoms with Crippen molar-refractivity contribution in [2.45, 2.75) is 149 Å². The molecular formula is C27H52O4. The van der Waals surface area contributed by atoms with Gasteiger partial charge in [-0.2, -0.15) is 0 Å². The number of ether oxygens (including phenoxy) is 2. The monoisotopic (exact) mass is 440 g/mol. The second kappa shape index (κ2) is 22.1. The van der Waals surface area contributed by atoms with Crippen molar-refractivity contribution in [3.05, 3.63) is 0 Å². The van der Waals surface area contributed by atoms with Crippen LogP contribution in [0.4, 0.5) is 0 Å². The average molecular weight is 441 g/mol. The van der Waals surface area contributed by atoms with E-state index in [9.17, 15) is 9.59 Å². The Labute approximate surface area is 193 Å². The molecule has 0 saturated heterocycles. The van der Waals surface area contributed by atoms with Crippen molar-refractivity contribution < 1.29 is 19.1 Å². The normalized spacial score (nSPS) is 13.0. The molecule has 0 saturated carbocycles. The highest BCUT2D eigenvalue weighted by Crippen LogP contribution is 2.17. The smallest absolute Gasteiger partial charge is 0.305 e. The van der Waals surface area contributed by atoms with E-state index in [-0.39, 0.29) is 18.0 Å². The zero-order valence-corrected chi connectivity index (χ0v) is 21.2. The van der Waals surface area contributed by atoms with Crippen LogP contribution in [0.15, 0.2) is 0 Å². The zero-order valence-electron chi connectivity index (χ0n) is 21.2. The summed E-state index contributed by atoms with van der Waals surface area (Å²) in [5.74, 6) is 0.389. The maximum Gasteiger partial charge on any atom is 0.305 e. The van der Waals surface area contributed by atoms with Crippen molar-refractivity contribution in [3.8, 4) is 0 Å². The maximum atomic E-state index is 11.7. The van der Waals surface area contributed by atoms with Gasteiger partial charge in [-0.05, 0) is 44.4 Å². The molecule has 0 spiro atoms. The van der Waals surface area contributed by atoms with Gasteiger partial charge in [0.15, 0.2) is 0 Å². The van der Waals surface area contributed by atoms with Crippen LogP contribution in [-0.2, 0) is 19.1 Å². The van der Waals surface area contributed by atoms with E-state index >= 15 is 0 Å². The molecule has 0 unspecified atom stereocenters. The number of esters is 2. The predicted molar refractivity (Wildman–Crippen MR) is 130 cm³/mol. The molecule has 0 aromatic rings. The molecule has 0 fully saturated rings. The van der Waals surface area contributed by atoms with E-state index in [0.29, 0.717) is 25.4 Å². The van der Waals surface area contributed by atoms with E-state index in [1.807, 2.05) is 6.92 Å². The van der Waals surface area contributed by atoms with E-state index in [1.165, 1.54) is 57.8 Å². The van der Waals surface area contributed by atoms with E-state index in [1.54, 1.807) is 0 Å². The highest BCUT2D eigenvalue weighted by Gasteiger charge is 2.13. The van der Waals surface area contributed by atoms with Gasteiger partial charge in [0.2, 0.25) is 0 Å². The summed E-state index contributed by atoms with van der Waals surface area (Å²) in [5, 5.41) is 0. The van der Waals surface area contributed by atoms with Crippen molar-refractivity contribution in [1.82, 2.24) is 0 Å². The molecule has 0 amide bonds. The second-order valence-electron chi connectivity index (χ2n) is 9.26. The molecule has 0 N–H and O–H groups in total. The molecule has 4 heteroatoms. The van der Waals surface area contributed by atoms with Gasteiger partial charge in [-0.3, -0.25) is 9.59 Å². The Balaban J connectivity index is 3.63. The molecule has 184 valence electrons. The van der Waals surface area contributed by atoms with Crippen molar-refractivity contribution in [2.24, 2.45) is 5.92 Å². The molecule has 0 heterocycles. The first-order valence-electron chi connectivity index (χ1n) is 13.4. The van der Waals surface area contributed by atoms with Crippen molar-refractivity contribution >= 4 is 11.9 Å². The fourth-order valence-electron chi connectivity index (χ4n) is 3.92. The maximum absolute atomic E-state index is 11.7. The van der Waals surface area contributed by atoms with E-state index < -0.39 is 0 Å². The zero-order chi connectivity index (χ0) is 23.2. The third-order valence-electron chi connectivity index (χ3n) is 5.93. The van der Waals surface area contributed by atoms with Crippen LogP contribution in [-0.4, -0.2) is 24.6 Å². The lowest BCUT2D eigenvalue weighted by atomic mass is 10.0. The van der Waals surface area contributed by atoms with Gasteiger partial charge < -0.3 is 9.47 Å². The molecule has 31 heavy (non-hydrogen) atoms. The standard InChI is InChI=1S/C27H52O4/c1-5-8-9-16-20-25(31-26(28)7-3)21-17-14-12-10-11-13-15-18-22-27(29)30-23-24(4)19-6-2/h24-25H,5-23H2,1-4H3/t24-,25+/m0/s1. The Morgan fingerprint density at radius 1 is 0.645 bits per heavy atom. The Bertz CT molecular complexity index is 421. The lowest BCUT2D eigenvalue weighted by molar-refractivity contribution is -0.149. The molecule has 0 aliphatic heterocycles. The minimum absolute atomic E-state index is 0.0315. The summed E-state index contributed by atoms with van der Waals surface area (Å²) in [6.45, 7) is 8.97. The number of carbonyl (C=O) groups is 2. The fraction of sp³-hybridized carbons (Fsp3) is 0.926. The number of rotatable bonds is 22. The van der Waals surface area contributed by atoms with E-state index in [2.05, 4.69) is 20.8 Å². The first-order valence-corrected chi connectivity index (χ1v) is 13.4. The van der Waals surface area contributed by atoms with Crippen LogP contribution in [0.2, 0.25) is 0 Å². The van der Waals surface area contributed by atoms with E-state index in [0.717, 1.165) is 44.9 Å². The average Bonchev–Trinajstić information content (AvgIpc) is 2.76. The van der Waals surface area contributed by atoms with Gasteiger partial charge in [-0.25, -0.2) is 0 Å². The molecule has 0 radical (unpaired) electrons. The minimum atomic E-state index is -0.0557. The van der Waals surface area contributed by atoms with Crippen molar-refractivity contribution in [3.63, 3.8) is 0 Å². The van der Waals surface area contributed by atoms with Crippen molar-refractivity contribution in [1.29, 1.82) is 0 Å². The van der Waals surface area contributed by atoms with Gasteiger partial charge in [-0.15, -0.1) is 0 Å². The van der Waals surface area contributed by atoms with Crippen LogP contribution in [0.1, 0.15) is 143 Å². The van der Waals surface area contributed by atoms with Crippen LogP contribution in [0, 0.1) is 5.92 Å². The molecule has 0 aromatic heterocycles. The summed E-state index contributed by atoms with van der Waals surface area (Å²) in [6, 6.07) is 0. The molecule has 0 aliphatic carbocycles. The van der Waals surface area contributed by atoms with Gasteiger partial charge in [-0.1, -0.05) is 91.9 Å². The lowest BCUT2D eigenvalue weighted by Gasteiger charge is -2.17. The number of carbonyl (C=O) groups excluding carboxylic acids is 2. The molecule has 0 bridgehead atoms. The summed E-state index contributed by atoms with van der Waals surface area (Å²) in [6.07, 6.45) is 19.8. The van der Waals surface area contributed by atoms with Crippen LogP contribution in [0.5, 0.6) is 0 Å². The molecule has 0 aliphatic rings. The third kappa shape index (κ3) is 20.6. The molecular weight excluding hydrogens is 388 g/mol. The second-order valence-corrected chi connectivity index (χ2v) is 9.26. The van der Waals surface area contributed by atoms with Gasteiger partial charge in [0.1, 0.15) is 6.10 Å². The Hall–Kier alpha value is -1.06. The lowest BCUT2D eigenvalue weighted by Crippen LogP contribution is -2.17. The molecule has 4 nitrogen and oxygen atoms in total.